The van der Waals surface area contributed by atoms with Crippen LogP contribution in [-0.4, -0.2) is 23.1 Å². The first-order valence-corrected chi connectivity index (χ1v) is 8.86. The highest BCUT2D eigenvalue weighted by Crippen LogP contribution is 2.48. The maximum absolute atomic E-state index is 12.7. The maximum Gasteiger partial charge on any atom is 0.410 e. The predicted molar refractivity (Wildman–Crippen MR) is 92.1 cm³/mol. The van der Waals surface area contributed by atoms with Crippen molar-refractivity contribution >= 4 is 6.09 Å². The van der Waals surface area contributed by atoms with Crippen LogP contribution in [0.3, 0.4) is 0 Å². The number of ether oxygens (including phenoxy) is 1. The van der Waals surface area contributed by atoms with Crippen molar-refractivity contribution in [3.05, 3.63) is 48.0 Å². The summed E-state index contributed by atoms with van der Waals surface area (Å²) >= 11 is 0. The number of nitrogens with zero attached hydrogens (tertiary/aromatic N) is 1. The molecule has 2 fully saturated rings. The highest BCUT2D eigenvalue weighted by atomic mass is 16.6. The number of hydrogen-bond acceptors (Lipinski definition) is 2. The standard InChI is InChI=1S/C20H27NO2/c1-2-3-13-20-14-8-7-11-18(20)12-15-21(20)19(22)23-16-17-9-5-4-6-10-17/h2-6,9-10,18H,7-8,11-16H2,1H3/b3-2+/t18-,20-/m0/s1. The third-order valence-electron chi connectivity index (χ3n) is 5.54. The van der Waals surface area contributed by atoms with Crippen LogP contribution in [0.1, 0.15) is 51.0 Å². The smallest absolute Gasteiger partial charge is 0.410 e. The van der Waals surface area contributed by atoms with Gasteiger partial charge in [-0.2, -0.15) is 0 Å². The molecule has 3 rings (SSSR count). The van der Waals surface area contributed by atoms with Gasteiger partial charge < -0.3 is 9.64 Å². The van der Waals surface area contributed by atoms with Gasteiger partial charge in [0.2, 0.25) is 0 Å². The number of likely N-dealkylation sites (tertiary alicyclic amines) is 1. The molecule has 1 saturated heterocycles. The van der Waals surface area contributed by atoms with Crippen LogP contribution >= 0.6 is 0 Å². The van der Waals surface area contributed by atoms with Gasteiger partial charge >= 0.3 is 6.09 Å². The van der Waals surface area contributed by atoms with Gasteiger partial charge in [0.15, 0.2) is 0 Å². The number of allylic oxidation sites excluding steroid dienone is 1. The summed E-state index contributed by atoms with van der Waals surface area (Å²) in [6, 6.07) is 9.92. The summed E-state index contributed by atoms with van der Waals surface area (Å²) in [7, 11) is 0. The highest BCUT2D eigenvalue weighted by Gasteiger charge is 2.51. The Morgan fingerprint density at radius 2 is 2.13 bits per heavy atom. The van der Waals surface area contributed by atoms with E-state index >= 15 is 0 Å². The molecule has 2 atom stereocenters. The monoisotopic (exact) mass is 313 g/mol. The normalized spacial score (nSPS) is 27.2. The molecule has 1 saturated carbocycles. The fourth-order valence-corrected chi connectivity index (χ4v) is 4.34. The second kappa shape index (κ2) is 7.20. The second-order valence-corrected chi connectivity index (χ2v) is 6.80. The quantitative estimate of drug-likeness (QED) is 0.738. The Labute approximate surface area is 139 Å². The summed E-state index contributed by atoms with van der Waals surface area (Å²) in [6.07, 6.45) is 11.2. The van der Waals surface area contributed by atoms with E-state index in [9.17, 15) is 4.79 Å². The van der Waals surface area contributed by atoms with Gasteiger partial charge in [0, 0.05) is 6.54 Å². The summed E-state index contributed by atoms with van der Waals surface area (Å²) in [5.74, 6) is 0.636. The lowest BCUT2D eigenvalue weighted by molar-refractivity contribution is 0.0370. The molecule has 0 radical (unpaired) electrons. The van der Waals surface area contributed by atoms with E-state index in [-0.39, 0.29) is 11.6 Å². The van der Waals surface area contributed by atoms with Gasteiger partial charge in [-0.1, -0.05) is 55.3 Å². The van der Waals surface area contributed by atoms with Crippen LogP contribution in [0.5, 0.6) is 0 Å². The van der Waals surface area contributed by atoms with Crippen molar-refractivity contribution in [3.8, 4) is 0 Å². The zero-order valence-electron chi connectivity index (χ0n) is 14.0. The van der Waals surface area contributed by atoms with Crippen molar-refractivity contribution in [2.45, 2.75) is 57.6 Å². The molecule has 1 heterocycles. The van der Waals surface area contributed by atoms with Crippen molar-refractivity contribution in [3.63, 3.8) is 0 Å². The largest absolute Gasteiger partial charge is 0.445 e. The molecule has 1 aliphatic carbocycles. The molecule has 2 aliphatic rings. The molecule has 3 nitrogen and oxygen atoms in total. The summed E-state index contributed by atoms with van der Waals surface area (Å²) in [4.78, 5) is 14.8. The lowest BCUT2D eigenvalue weighted by atomic mass is 9.71. The minimum absolute atomic E-state index is 0.00146. The number of carbonyl (C=O) groups excluding carboxylic acids is 1. The summed E-state index contributed by atoms with van der Waals surface area (Å²) in [6.45, 7) is 3.26. The zero-order chi connectivity index (χ0) is 16.1. The van der Waals surface area contributed by atoms with Crippen LogP contribution in [0.2, 0.25) is 0 Å². The van der Waals surface area contributed by atoms with Crippen LogP contribution in [0, 0.1) is 5.92 Å². The fraction of sp³-hybridized carbons (Fsp3) is 0.550. The summed E-state index contributed by atoms with van der Waals surface area (Å²) < 4.78 is 5.63. The lowest BCUT2D eigenvalue weighted by Gasteiger charge is -2.44. The van der Waals surface area contributed by atoms with E-state index in [2.05, 4.69) is 19.1 Å². The number of fused-ring (bicyclic) bond motifs is 1. The second-order valence-electron chi connectivity index (χ2n) is 6.80. The molecule has 3 heteroatoms. The molecule has 1 aromatic rings. The first-order valence-electron chi connectivity index (χ1n) is 8.86. The minimum Gasteiger partial charge on any atom is -0.445 e. The van der Waals surface area contributed by atoms with Crippen LogP contribution in [0.15, 0.2) is 42.5 Å². The summed E-state index contributed by atoms with van der Waals surface area (Å²) in [5.41, 5.74) is 1.04. The fourth-order valence-electron chi connectivity index (χ4n) is 4.34. The van der Waals surface area contributed by atoms with Crippen molar-refractivity contribution in [1.82, 2.24) is 4.90 Å². The molecule has 0 N–H and O–H groups in total. The van der Waals surface area contributed by atoms with Crippen LogP contribution in [0.25, 0.3) is 0 Å². The molecular weight excluding hydrogens is 286 g/mol. The minimum atomic E-state index is -0.136. The number of carbonyl (C=O) groups is 1. The zero-order valence-corrected chi connectivity index (χ0v) is 14.0. The highest BCUT2D eigenvalue weighted by molar-refractivity contribution is 5.69. The number of rotatable bonds is 4. The molecule has 1 amide bonds. The van der Waals surface area contributed by atoms with E-state index in [1.165, 1.54) is 19.3 Å². The Morgan fingerprint density at radius 3 is 2.91 bits per heavy atom. The van der Waals surface area contributed by atoms with Gasteiger partial charge in [0.25, 0.3) is 0 Å². The molecule has 0 bridgehead atoms. The van der Waals surface area contributed by atoms with Crippen molar-refractivity contribution in [2.24, 2.45) is 5.92 Å². The summed E-state index contributed by atoms with van der Waals surface area (Å²) in [5, 5.41) is 0. The molecule has 0 spiro atoms. The Hall–Kier alpha value is -1.77. The first-order chi connectivity index (χ1) is 11.3. The Kier molecular flexibility index (Phi) is 5.04. The molecule has 0 unspecified atom stereocenters. The van der Waals surface area contributed by atoms with Gasteiger partial charge in [-0.3, -0.25) is 0 Å². The molecule has 124 valence electrons. The lowest BCUT2D eigenvalue weighted by Crippen LogP contribution is -2.52. The topological polar surface area (TPSA) is 29.5 Å². The van der Waals surface area contributed by atoms with E-state index in [1.54, 1.807) is 0 Å². The van der Waals surface area contributed by atoms with E-state index in [4.69, 9.17) is 4.74 Å². The maximum atomic E-state index is 12.7. The Balaban J connectivity index is 1.70. The number of benzene rings is 1. The molecular formula is C20H27NO2. The average Bonchev–Trinajstić information content (AvgIpc) is 2.98. The van der Waals surface area contributed by atoms with E-state index < -0.39 is 0 Å². The van der Waals surface area contributed by atoms with Gasteiger partial charge in [-0.15, -0.1) is 0 Å². The SMILES string of the molecule is C/C=C/C[C@]12CCCC[C@H]1CCN2C(=O)OCc1ccccc1. The van der Waals surface area contributed by atoms with Crippen molar-refractivity contribution in [1.29, 1.82) is 0 Å². The van der Waals surface area contributed by atoms with E-state index in [1.807, 2.05) is 35.2 Å². The molecule has 1 aliphatic heterocycles. The average molecular weight is 313 g/mol. The van der Waals surface area contributed by atoms with Crippen LogP contribution in [0.4, 0.5) is 4.79 Å². The molecule has 0 aromatic heterocycles. The van der Waals surface area contributed by atoms with Gasteiger partial charge in [-0.05, 0) is 44.1 Å². The van der Waals surface area contributed by atoms with Crippen LogP contribution < -0.4 is 0 Å². The Morgan fingerprint density at radius 1 is 1.30 bits per heavy atom. The van der Waals surface area contributed by atoms with Crippen molar-refractivity contribution in [2.75, 3.05) is 6.54 Å². The van der Waals surface area contributed by atoms with Gasteiger partial charge in [-0.25, -0.2) is 4.79 Å². The predicted octanol–water partition coefficient (Wildman–Crippen LogP) is 4.92. The van der Waals surface area contributed by atoms with Gasteiger partial charge in [0.05, 0.1) is 5.54 Å². The molecule has 1 aromatic carbocycles. The molecule has 23 heavy (non-hydrogen) atoms. The van der Waals surface area contributed by atoms with Crippen LogP contribution in [-0.2, 0) is 11.3 Å². The van der Waals surface area contributed by atoms with E-state index in [0.29, 0.717) is 12.5 Å². The first kappa shape index (κ1) is 16.1. The van der Waals surface area contributed by atoms with E-state index in [0.717, 1.165) is 31.4 Å². The third kappa shape index (κ3) is 3.29. The third-order valence-corrected chi connectivity index (χ3v) is 5.54. The van der Waals surface area contributed by atoms with Crippen molar-refractivity contribution < 1.29 is 9.53 Å². The Bertz CT molecular complexity index is 554. The number of hydrogen-bond donors (Lipinski definition) is 0. The number of amides is 1. The van der Waals surface area contributed by atoms with Gasteiger partial charge in [0.1, 0.15) is 6.61 Å².